The Hall–Kier alpha value is -1.94. The van der Waals surface area contributed by atoms with Crippen LogP contribution in [0.4, 0.5) is 14.5 Å². The Morgan fingerprint density at radius 1 is 1.15 bits per heavy atom. The van der Waals surface area contributed by atoms with Gasteiger partial charge in [0.2, 0.25) is 0 Å². The predicted octanol–water partition coefficient (Wildman–Crippen LogP) is 3.59. The first-order valence-electron chi connectivity index (χ1n) is 6.36. The van der Waals surface area contributed by atoms with E-state index in [2.05, 4.69) is 5.32 Å². The average Bonchev–Trinajstić information content (AvgIpc) is 2.44. The van der Waals surface area contributed by atoms with Crippen LogP contribution in [-0.2, 0) is 5.54 Å². The smallest absolute Gasteiger partial charge is 0.129 e. The van der Waals surface area contributed by atoms with Gasteiger partial charge in [-0.25, -0.2) is 8.78 Å². The van der Waals surface area contributed by atoms with Gasteiger partial charge in [0, 0.05) is 11.3 Å². The highest BCUT2D eigenvalue weighted by Crippen LogP contribution is 2.29. The van der Waals surface area contributed by atoms with Gasteiger partial charge in [-0.1, -0.05) is 18.2 Å². The van der Waals surface area contributed by atoms with E-state index in [9.17, 15) is 13.9 Å². The molecule has 0 aliphatic rings. The summed E-state index contributed by atoms with van der Waals surface area (Å²) in [4.78, 5) is 0. The molecule has 0 radical (unpaired) electrons. The Morgan fingerprint density at radius 3 is 2.50 bits per heavy atom. The topological polar surface area (TPSA) is 32.3 Å². The third kappa shape index (κ3) is 2.80. The zero-order chi connectivity index (χ0) is 14.8. The van der Waals surface area contributed by atoms with Gasteiger partial charge in [0.25, 0.3) is 0 Å². The fraction of sp³-hybridized carbons (Fsp3) is 0.250. The third-order valence-corrected chi connectivity index (χ3v) is 3.39. The highest BCUT2D eigenvalue weighted by molar-refractivity contribution is 5.53. The van der Waals surface area contributed by atoms with E-state index in [1.165, 1.54) is 0 Å². The minimum atomic E-state index is -1.10. The Morgan fingerprint density at radius 2 is 1.85 bits per heavy atom. The van der Waals surface area contributed by atoms with Crippen molar-refractivity contribution in [3.05, 3.63) is 65.2 Å². The van der Waals surface area contributed by atoms with Gasteiger partial charge in [0.05, 0.1) is 12.1 Å². The van der Waals surface area contributed by atoms with E-state index in [1.807, 2.05) is 31.2 Å². The van der Waals surface area contributed by atoms with Gasteiger partial charge in [-0.05, 0) is 43.7 Å². The first-order chi connectivity index (χ1) is 9.46. The van der Waals surface area contributed by atoms with Crippen molar-refractivity contribution in [2.45, 2.75) is 19.4 Å². The molecule has 0 aliphatic carbocycles. The first-order valence-corrected chi connectivity index (χ1v) is 6.36. The number of halogens is 2. The molecule has 2 nitrogen and oxygen atoms in total. The third-order valence-electron chi connectivity index (χ3n) is 3.39. The molecule has 0 heterocycles. The summed E-state index contributed by atoms with van der Waals surface area (Å²) in [5.74, 6) is -1.09. The largest absolute Gasteiger partial charge is 0.394 e. The molecular weight excluding hydrogens is 260 g/mol. The van der Waals surface area contributed by atoms with E-state index >= 15 is 0 Å². The van der Waals surface area contributed by atoms with Crippen LogP contribution in [-0.4, -0.2) is 11.7 Å². The molecule has 0 saturated carbocycles. The van der Waals surface area contributed by atoms with Gasteiger partial charge in [-0.3, -0.25) is 0 Å². The van der Waals surface area contributed by atoms with Crippen molar-refractivity contribution >= 4 is 5.69 Å². The van der Waals surface area contributed by atoms with E-state index < -0.39 is 17.2 Å². The lowest BCUT2D eigenvalue weighted by Crippen LogP contribution is -2.37. The molecule has 0 amide bonds. The van der Waals surface area contributed by atoms with Gasteiger partial charge < -0.3 is 10.4 Å². The number of aliphatic hydroxyl groups is 1. The lowest BCUT2D eigenvalue weighted by Gasteiger charge is -2.31. The number of benzene rings is 2. The Kier molecular flexibility index (Phi) is 4.04. The van der Waals surface area contributed by atoms with Crippen LogP contribution in [0.3, 0.4) is 0 Å². The second-order valence-electron chi connectivity index (χ2n) is 5.05. The molecule has 0 fully saturated rings. The van der Waals surface area contributed by atoms with Gasteiger partial charge in [0.15, 0.2) is 0 Å². The van der Waals surface area contributed by atoms with Crippen molar-refractivity contribution in [3.8, 4) is 0 Å². The molecule has 2 rings (SSSR count). The maximum Gasteiger partial charge on any atom is 0.129 e. The van der Waals surface area contributed by atoms with E-state index in [4.69, 9.17) is 0 Å². The van der Waals surface area contributed by atoms with E-state index in [1.54, 1.807) is 6.92 Å². The van der Waals surface area contributed by atoms with E-state index in [-0.39, 0.29) is 12.2 Å². The SMILES string of the molecule is Cc1ccccc1NC(C)(CO)c1cc(F)ccc1F. The molecule has 106 valence electrons. The highest BCUT2D eigenvalue weighted by Gasteiger charge is 2.29. The number of nitrogens with one attached hydrogen (secondary N) is 1. The summed E-state index contributed by atoms with van der Waals surface area (Å²) < 4.78 is 27.3. The normalized spacial score (nSPS) is 13.8. The van der Waals surface area contributed by atoms with Gasteiger partial charge in [0.1, 0.15) is 11.6 Å². The molecule has 1 atom stereocenters. The monoisotopic (exact) mass is 277 g/mol. The Balaban J connectivity index is 2.43. The quantitative estimate of drug-likeness (QED) is 0.895. The predicted molar refractivity (Wildman–Crippen MR) is 75.6 cm³/mol. The molecule has 20 heavy (non-hydrogen) atoms. The Labute approximate surface area is 117 Å². The number of aryl methyl sites for hydroxylation is 1. The molecule has 2 aromatic carbocycles. The number of hydrogen-bond donors (Lipinski definition) is 2. The van der Waals surface area contributed by atoms with Gasteiger partial charge >= 0.3 is 0 Å². The molecule has 0 aromatic heterocycles. The van der Waals surface area contributed by atoms with Crippen LogP contribution in [0.1, 0.15) is 18.1 Å². The zero-order valence-corrected chi connectivity index (χ0v) is 11.5. The molecule has 4 heteroatoms. The summed E-state index contributed by atoms with van der Waals surface area (Å²) in [6.45, 7) is 3.18. The Bertz CT molecular complexity index is 615. The molecule has 0 aliphatic heterocycles. The fourth-order valence-corrected chi connectivity index (χ4v) is 2.12. The second kappa shape index (κ2) is 5.59. The summed E-state index contributed by atoms with van der Waals surface area (Å²) in [5.41, 5.74) is 0.734. The highest BCUT2D eigenvalue weighted by atomic mass is 19.1. The second-order valence-corrected chi connectivity index (χ2v) is 5.05. The number of anilines is 1. The lowest BCUT2D eigenvalue weighted by molar-refractivity contribution is 0.220. The molecule has 1 unspecified atom stereocenters. The zero-order valence-electron chi connectivity index (χ0n) is 11.5. The van der Waals surface area contributed by atoms with Crippen molar-refractivity contribution in [3.63, 3.8) is 0 Å². The van der Waals surface area contributed by atoms with Gasteiger partial charge in [-0.2, -0.15) is 0 Å². The minimum absolute atomic E-state index is 0.100. The lowest BCUT2D eigenvalue weighted by atomic mass is 9.91. The number of aliphatic hydroxyl groups excluding tert-OH is 1. The molecule has 0 saturated heterocycles. The maximum atomic E-state index is 13.9. The van der Waals surface area contributed by atoms with Crippen LogP contribution in [0.15, 0.2) is 42.5 Å². The van der Waals surface area contributed by atoms with Crippen molar-refractivity contribution in [2.24, 2.45) is 0 Å². The van der Waals surface area contributed by atoms with Crippen molar-refractivity contribution < 1.29 is 13.9 Å². The van der Waals surface area contributed by atoms with Crippen molar-refractivity contribution in [1.29, 1.82) is 0 Å². The average molecular weight is 277 g/mol. The van der Waals surface area contributed by atoms with Crippen LogP contribution in [0.5, 0.6) is 0 Å². The molecular formula is C16H17F2NO. The molecule has 2 N–H and O–H groups in total. The van der Waals surface area contributed by atoms with Crippen molar-refractivity contribution in [2.75, 3.05) is 11.9 Å². The van der Waals surface area contributed by atoms with Crippen LogP contribution < -0.4 is 5.32 Å². The summed E-state index contributed by atoms with van der Waals surface area (Å²) in [7, 11) is 0. The summed E-state index contributed by atoms with van der Waals surface area (Å²) >= 11 is 0. The summed E-state index contributed by atoms with van der Waals surface area (Å²) in [6.07, 6.45) is 0. The molecule has 0 spiro atoms. The number of hydrogen-bond acceptors (Lipinski definition) is 2. The molecule has 2 aromatic rings. The van der Waals surface area contributed by atoms with Gasteiger partial charge in [-0.15, -0.1) is 0 Å². The maximum absolute atomic E-state index is 13.9. The number of para-hydroxylation sites is 1. The van der Waals surface area contributed by atoms with Crippen LogP contribution in [0.2, 0.25) is 0 Å². The fourth-order valence-electron chi connectivity index (χ4n) is 2.12. The minimum Gasteiger partial charge on any atom is -0.394 e. The van der Waals surface area contributed by atoms with E-state index in [0.717, 1.165) is 29.4 Å². The first kappa shape index (κ1) is 14.5. The standard InChI is InChI=1S/C16H17F2NO/c1-11-5-3-4-6-15(11)19-16(2,10-20)13-9-12(17)7-8-14(13)18/h3-9,19-20H,10H2,1-2H3. The van der Waals surface area contributed by atoms with Crippen LogP contribution >= 0.6 is 0 Å². The van der Waals surface area contributed by atoms with Crippen molar-refractivity contribution in [1.82, 2.24) is 0 Å². The summed E-state index contributed by atoms with van der Waals surface area (Å²) in [6, 6.07) is 10.7. The molecule has 0 bridgehead atoms. The van der Waals surface area contributed by atoms with Crippen LogP contribution in [0, 0.1) is 18.6 Å². The summed E-state index contributed by atoms with van der Waals surface area (Å²) in [5, 5.41) is 12.8. The van der Waals surface area contributed by atoms with Crippen LogP contribution in [0.25, 0.3) is 0 Å². The van der Waals surface area contributed by atoms with E-state index in [0.29, 0.717) is 0 Å². The number of rotatable bonds is 4.